The number of terminal acetylenes is 1. The Morgan fingerprint density at radius 3 is 2.57 bits per heavy atom. The number of Topliss-reactive ketones (excluding diaryl/α,β-unsaturated/α-hetero) is 1. The molecule has 0 unspecified atom stereocenters. The molecule has 0 radical (unpaired) electrons. The molecule has 0 aliphatic carbocycles. The topological polar surface area (TPSA) is 68.5 Å². The Morgan fingerprint density at radius 2 is 1.96 bits per heavy atom. The SMILES string of the molecule is C#CCNc1cc2oc(-c3ccc(F)cc3)c(C(=O)OCC)c2cc1C(C)=O. The van der Waals surface area contributed by atoms with Gasteiger partial charge in [-0.05, 0) is 44.2 Å². The smallest absolute Gasteiger partial charge is 0.342 e. The van der Waals surface area contributed by atoms with Crippen molar-refractivity contribution in [3.8, 4) is 23.7 Å². The average molecular weight is 379 g/mol. The second kappa shape index (κ2) is 7.97. The summed E-state index contributed by atoms with van der Waals surface area (Å²) in [5.41, 5.74) is 1.97. The number of anilines is 1. The van der Waals surface area contributed by atoms with E-state index in [4.69, 9.17) is 15.6 Å². The molecule has 3 rings (SSSR count). The standard InChI is InChI=1S/C22H18FNO4/c1-4-10-24-18-12-19-17(11-16(18)13(3)25)20(22(26)27-5-2)21(28-19)14-6-8-15(23)9-7-14/h1,6-9,11-12,24H,5,10H2,2-3H3. The number of ketones is 1. The third-order valence-electron chi connectivity index (χ3n) is 4.17. The molecule has 1 heterocycles. The normalized spacial score (nSPS) is 10.5. The van der Waals surface area contributed by atoms with Crippen molar-refractivity contribution >= 4 is 28.4 Å². The molecule has 0 saturated carbocycles. The van der Waals surface area contributed by atoms with Crippen LogP contribution >= 0.6 is 0 Å². The Hall–Kier alpha value is -3.59. The van der Waals surface area contributed by atoms with Crippen LogP contribution in [0.3, 0.4) is 0 Å². The zero-order chi connectivity index (χ0) is 20.3. The minimum absolute atomic E-state index is 0.176. The van der Waals surface area contributed by atoms with E-state index in [2.05, 4.69) is 11.2 Å². The van der Waals surface area contributed by atoms with Gasteiger partial charge in [-0.15, -0.1) is 6.42 Å². The molecule has 1 aromatic heterocycles. The third-order valence-corrected chi connectivity index (χ3v) is 4.17. The number of nitrogens with one attached hydrogen (secondary N) is 1. The van der Waals surface area contributed by atoms with Gasteiger partial charge in [0.25, 0.3) is 0 Å². The summed E-state index contributed by atoms with van der Waals surface area (Å²) in [6.45, 7) is 3.52. The zero-order valence-corrected chi connectivity index (χ0v) is 15.5. The Labute approximate surface area is 161 Å². The Bertz CT molecular complexity index is 1090. The molecular weight excluding hydrogens is 361 g/mol. The molecule has 0 aliphatic rings. The Morgan fingerprint density at radius 1 is 1.25 bits per heavy atom. The Balaban J connectivity index is 2.29. The quantitative estimate of drug-likeness (QED) is 0.383. The third kappa shape index (κ3) is 3.60. The van der Waals surface area contributed by atoms with Crippen molar-refractivity contribution in [2.24, 2.45) is 0 Å². The maximum absolute atomic E-state index is 13.3. The summed E-state index contributed by atoms with van der Waals surface area (Å²) in [6.07, 6.45) is 5.29. The van der Waals surface area contributed by atoms with Gasteiger partial charge in [0.2, 0.25) is 0 Å². The van der Waals surface area contributed by atoms with Gasteiger partial charge in [0, 0.05) is 28.3 Å². The van der Waals surface area contributed by atoms with Crippen LogP contribution in [0.1, 0.15) is 34.6 Å². The molecular formula is C22H18FNO4. The van der Waals surface area contributed by atoms with E-state index in [0.29, 0.717) is 27.8 Å². The van der Waals surface area contributed by atoms with Gasteiger partial charge < -0.3 is 14.5 Å². The van der Waals surface area contributed by atoms with Gasteiger partial charge in [0.1, 0.15) is 22.7 Å². The summed E-state index contributed by atoms with van der Waals surface area (Å²) >= 11 is 0. The molecule has 3 aromatic rings. The van der Waals surface area contributed by atoms with Gasteiger partial charge >= 0.3 is 5.97 Å². The molecule has 28 heavy (non-hydrogen) atoms. The van der Waals surface area contributed by atoms with Crippen LogP contribution in [-0.4, -0.2) is 24.9 Å². The first kappa shape index (κ1) is 19.2. The molecule has 0 saturated heterocycles. The highest BCUT2D eigenvalue weighted by Gasteiger charge is 2.25. The molecule has 142 valence electrons. The second-order valence-electron chi connectivity index (χ2n) is 6.04. The first-order valence-electron chi connectivity index (χ1n) is 8.68. The summed E-state index contributed by atoms with van der Waals surface area (Å²) < 4.78 is 24.4. The van der Waals surface area contributed by atoms with Crippen LogP contribution < -0.4 is 5.32 Å². The fraction of sp³-hybridized carbons (Fsp3) is 0.182. The van der Waals surface area contributed by atoms with Crippen molar-refractivity contribution in [3.05, 3.63) is 53.3 Å². The Kier molecular flexibility index (Phi) is 5.46. The van der Waals surface area contributed by atoms with Crippen LogP contribution in [0.25, 0.3) is 22.3 Å². The van der Waals surface area contributed by atoms with E-state index in [1.54, 1.807) is 19.1 Å². The molecule has 0 fully saturated rings. The van der Waals surface area contributed by atoms with E-state index in [-0.39, 0.29) is 30.3 Å². The van der Waals surface area contributed by atoms with E-state index in [1.807, 2.05) is 0 Å². The molecule has 0 bridgehead atoms. The summed E-state index contributed by atoms with van der Waals surface area (Å²) in [4.78, 5) is 24.7. The molecule has 2 aromatic carbocycles. The number of hydrogen-bond donors (Lipinski definition) is 1. The number of hydrogen-bond acceptors (Lipinski definition) is 5. The van der Waals surface area contributed by atoms with Gasteiger partial charge in [-0.1, -0.05) is 5.92 Å². The fourth-order valence-electron chi connectivity index (χ4n) is 2.94. The maximum atomic E-state index is 13.3. The summed E-state index contributed by atoms with van der Waals surface area (Å²) in [7, 11) is 0. The van der Waals surface area contributed by atoms with Crippen LogP contribution in [0.15, 0.2) is 40.8 Å². The molecule has 1 N–H and O–H groups in total. The molecule has 6 heteroatoms. The lowest BCUT2D eigenvalue weighted by atomic mass is 10.0. The molecule has 0 atom stereocenters. The summed E-state index contributed by atoms with van der Waals surface area (Å²) in [6, 6.07) is 8.79. The molecule has 5 nitrogen and oxygen atoms in total. The lowest BCUT2D eigenvalue weighted by Crippen LogP contribution is -2.07. The predicted octanol–water partition coefficient (Wildman–Crippen LogP) is 4.66. The van der Waals surface area contributed by atoms with E-state index >= 15 is 0 Å². The number of benzene rings is 2. The maximum Gasteiger partial charge on any atom is 0.342 e. The molecule has 0 amide bonds. The van der Waals surface area contributed by atoms with Crippen LogP contribution in [0, 0.1) is 18.2 Å². The lowest BCUT2D eigenvalue weighted by Gasteiger charge is -2.08. The van der Waals surface area contributed by atoms with Gasteiger partial charge in [-0.25, -0.2) is 9.18 Å². The van der Waals surface area contributed by atoms with Gasteiger partial charge in [0.15, 0.2) is 5.78 Å². The minimum atomic E-state index is -0.584. The average Bonchev–Trinajstić information content (AvgIpc) is 3.04. The number of carbonyl (C=O) groups is 2. The monoisotopic (exact) mass is 379 g/mol. The number of carbonyl (C=O) groups excluding carboxylic acids is 2. The van der Waals surface area contributed by atoms with Gasteiger partial charge in [-0.3, -0.25) is 4.79 Å². The molecule has 0 aliphatic heterocycles. The van der Waals surface area contributed by atoms with Crippen LogP contribution in [0.4, 0.5) is 10.1 Å². The van der Waals surface area contributed by atoms with Crippen LogP contribution in [-0.2, 0) is 4.74 Å². The number of rotatable bonds is 6. The largest absolute Gasteiger partial charge is 0.462 e. The minimum Gasteiger partial charge on any atom is -0.462 e. The van der Waals surface area contributed by atoms with Crippen molar-refractivity contribution in [3.63, 3.8) is 0 Å². The zero-order valence-electron chi connectivity index (χ0n) is 15.5. The van der Waals surface area contributed by atoms with Crippen molar-refractivity contribution in [2.75, 3.05) is 18.5 Å². The van der Waals surface area contributed by atoms with E-state index in [0.717, 1.165) is 0 Å². The van der Waals surface area contributed by atoms with E-state index in [9.17, 15) is 14.0 Å². The van der Waals surface area contributed by atoms with Crippen molar-refractivity contribution in [1.82, 2.24) is 0 Å². The van der Waals surface area contributed by atoms with Gasteiger partial charge in [0.05, 0.1) is 13.2 Å². The molecule has 0 spiro atoms. The van der Waals surface area contributed by atoms with Crippen LogP contribution in [0.5, 0.6) is 0 Å². The number of esters is 1. The van der Waals surface area contributed by atoms with E-state index < -0.39 is 11.8 Å². The van der Waals surface area contributed by atoms with Crippen LogP contribution in [0.2, 0.25) is 0 Å². The second-order valence-corrected chi connectivity index (χ2v) is 6.04. The first-order valence-corrected chi connectivity index (χ1v) is 8.68. The highest BCUT2D eigenvalue weighted by atomic mass is 19.1. The highest BCUT2D eigenvalue weighted by molar-refractivity contribution is 6.12. The number of furan rings is 1. The van der Waals surface area contributed by atoms with Gasteiger partial charge in [-0.2, -0.15) is 0 Å². The van der Waals surface area contributed by atoms with Crippen molar-refractivity contribution in [2.45, 2.75) is 13.8 Å². The lowest BCUT2D eigenvalue weighted by molar-refractivity contribution is 0.0528. The predicted molar refractivity (Wildman–Crippen MR) is 105 cm³/mol. The highest BCUT2D eigenvalue weighted by Crippen LogP contribution is 2.37. The van der Waals surface area contributed by atoms with Crippen molar-refractivity contribution in [1.29, 1.82) is 0 Å². The number of ether oxygens (including phenoxy) is 1. The summed E-state index contributed by atoms with van der Waals surface area (Å²) in [5.74, 6) is 1.51. The van der Waals surface area contributed by atoms with Crippen molar-refractivity contribution < 1.29 is 23.1 Å². The number of halogens is 1. The number of fused-ring (bicyclic) bond motifs is 1. The fourth-order valence-corrected chi connectivity index (χ4v) is 2.94. The first-order chi connectivity index (χ1) is 13.5. The van der Waals surface area contributed by atoms with E-state index in [1.165, 1.54) is 31.2 Å². The summed E-state index contributed by atoms with van der Waals surface area (Å²) in [5, 5.41) is 3.42.